The highest BCUT2D eigenvalue weighted by atomic mass is 32.1. The van der Waals surface area contributed by atoms with Gasteiger partial charge in [0.05, 0.1) is 0 Å². The van der Waals surface area contributed by atoms with Gasteiger partial charge in [0.1, 0.15) is 0 Å². The third-order valence-electron chi connectivity index (χ3n) is 4.07. The van der Waals surface area contributed by atoms with Crippen molar-refractivity contribution < 1.29 is 0 Å². The van der Waals surface area contributed by atoms with Crippen LogP contribution in [0.5, 0.6) is 0 Å². The van der Waals surface area contributed by atoms with Crippen LogP contribution >= 0.6 is 12.2 Å². The van der Waals surface area contributed by atoms with Crippen molar-refractivity contribution in [1.29, 1.82) is 0 Å². The lowest BCUT2D eigenvalue weighted by molar-refractivity contribution is 0.734. The number of thiocarbonyl (C=S) groups is 1. The van der Waals surface area contributed by atoms with Gasteiger partial charge >= 0.3 is 0 Å². The van der Waals surface area contributed by atoms with E-state index in [0.717, 1.165) is 17.8 Å². The number of nitrogens with one attached hydrogen (secondary N) is 2. The molecule has 2 nitrogen and oxygen atoms in total. The van der Waals surface area contributed by atoms with E-state index in [-0.39, 0.29) is 0 Å². The normalized spacial score (nSPS) is 11.8. The predicted octanol–water partition coefficient (Wildman–Crippen LogP) is 5.63. The van der Waals surface area contributed by atoms with Crippen LogP contribution in [0, 0.1) is 13.8 Å². The number of hydrogen-bond acceptors (Lipinski definition) is 1. The van der Waals surface area contributed by atoms with Gasteiger partial charge in [-0.2, -0.15) is 0 Å². The van der Waals surface area contributed by atoms with Crippen molar-refractivity contribution in [2.45, 2.75) is 40.0 Å². The molecule has 116 valence electrons. The van der Waals surface area contributed by atoms with Crippen LogP contribution in [0.1, 0.15) is 42.9 Å². The minimum absolute atomic E-state index is 0.591. The van der Waals surface area contributed by atoms with E-state index in [0.29, 0.717) is 11.0 Å². The molecular formula is C19H24N2S. The second-order valence-corrected chi connectivity index (χ2v) is 6.19. The highest BCUT2D eigenvalue weighted by Crippen LogP contribution is 2.22. The third-order valence-corrected chi connectivity index (χ3v) is 4.27. The summed E-state index contributed by atoms with van der Waals surface area (Å²) >= 11 is 5.42. The molecule has 0 aromatic heterocycles. The molecule has 0 saturated carbocycles. The maximum Gasteiger partial charge on any atom is 0.175 e. The fourth-order valence-corrected chi connectivity index (χ4v) is 2.64. The van der Waals surface area contributed by atoms with Gasteiger partial charge in [-0.1, -0.05) is 44.2 Å². The summed E-state index contributed by atoms with van der Waals surface area (Å²) in [6.07, 6.45) is 1.15. The van der Waals surface area contributed by atoms with Gasteiger partial charge in [0.15, 0.2) is 5.11 Å². The number of rotatable bonds is 4. The molecule has 0 aliphatic rings. The molecule has 0 bridgehead atoms. The van der Waals surface area contributed by atoms with Gasteiger partial charge in [0.25, 0.3) is 0 Å². The summed E-state index contributed by atoms with van der Waals surface area (Å²) in [5.74, 6) is 0.591. The van der Waals surface area contributed by atoms with Crippen molar-refractivity contribution in [3.05, 3.63) is 59.2 Å². The van der Waals surface area contributed by atoms with E-state index in [1.807, 2.05) is 0 Å². The number of aryl methyl sites for hydroxylation is 2. The SMILES string of the molecule is CC[C@@H](C)c1ccc(NC(=S)Nc2c(C)cccc2C)cc1. The molecule has 0 aliphatic heterocycles. The second kappa shape index (κ2) is 7.41. The Bertz CT molecular complexity index is 627. The zero-order valence-electron chi connectivity index (χ0n) is 13.7. The quantitative estimate of drug-likeness (QED) is 0.716. The molecule has 2 rings (SSSR count). The Kier molecular flexibility index (Phi) is 5.56. The first-order valence-corrected chi connectivity index (χ1v) is 8.16. The van der Waals surface area contributed by atoms with Gasteiger partial charge in [-0.3, -0.25) is 0 Å². The Hall–Kier alpha value is -1.87. The van der Waals surface area contributed by atoms with Crippen LogP contribution in [0.4, 0.5) is 11.4 Å². The van der Waals surface area contributed by atoms with Crippen molar-refractivity contribution in [2.24, 2.45) is 0 Å². The predicted molar refractivity (Wildman–Crippen MR) is 101 cm³/mol. The summed E-state index contributed by atoms with van der Waals surface area (Å²) in [7, 11) is 0. The molecule has 0 amide bonds. The third kappa shape index (κ3) is 4.08. The molecule has 2 aromatic rings. The summed E-state index contributed by atoms with van der Waals surface area (Å²) < 4.78 is 0. The van der Waals surface area contributed by atoms with Crippen LogP contribution in [0.25, 0.3) is 0 Å². The van der Waals surface area contributed by atoms with E-state index < -0.39 is 0 Å². The average Bonchev–Trinajstić information content (AvgIpc) is 2.51. The van der Waals surface area contributed by atoms with Gasteiger partial charge in [-0.15, -0.1) is 0 Å². The molecule has 0 saturated heterocycles. The molecule has 0 heterocycles. The van der Waals surface area contributed by atoms with Crippen molar-refractivity contribution in [3.8, 4) is 0 Å². The van der Waals surface area contributed by atoms with Crippen LogP contribution in [0.3, 0.4) is 0 Å². The van der Waals surface area contributed by atoms with E-state index >= 15 is 0 Å². The van der Waals surface area contributed by atoms with E-state index in [2.05, 4.69) is 80.8 Å². The minimum atomic E-state index is 0.591. The first kappa shape index (κ1) is 16.5. The summed E-state index contributed by atoms with van der Waals surface area (Å²) in [4.78, 5) is 0. The van der Waals surface area contributed by atoms with E-state index in [9.17, 15) is 0 Å². The van der Waals surface area contributed by atoms with Crippen LogP contribution in [-0.2, 0) is 0 Å². The van der Waals surface area contributed by atoms with Crippen molar-refractivity contribution >= 4 is 28.7 Å². The lowest BCUT2D eigenvalue weighted by Gasteiger charge is -2.15. The summed E-state index contributed by atoms with van der Waals surface area (Å²) in [6.45, 7) is 8.62. The fraction of sp³-hybridized carbons (Fsp3) is 0.316. The van der Waals surface area contributed by atoms with Gasteiger partial charge in [-0.05, 0) is 67.2 Å². The Balaban J connectivity index is 2.03. The Morgan fingerprint density at radius 3 is 2.14 bits per heavy atom. The molecule has 0 radical (unpaired) electrons. The number of anilines is 2. The topological polar surface area (TPSA) is 24.1 Å². The van der Waals surface area contributed by atoms with E-state index in [1.165, 1.54) is 16.7 Å². The highest BCUT2D eigenvalue weighted by Gasteiger charge is 2.06. The zero-order valence-corrected chi connectivity index (χ0v) is 14.6. The zero-order chi connectivity index (χ0) is 16.1. The van der Waals surface area contributed by atoms with Crippen LogP contribution < -0.4 is 10.6 Å². The number of hydrogen-bond donors (Lipinski definition) is 2. The summed E-state index contributed by atoms with van der Waals surface area (Å²) in [5, 5.41) is 7.16. The van der Waals surface area contributed by atoms with Crippen LogP contribution in [0.2, 0.25) is 0 Å². The minimum Gasteiger partial charge on any atom is -0.332 e. The number of benzene rings is 2. The maximum atomic E-state index is 5.42. The summed E-state index contributed by atoms with van der Waals surface area (Å²) in [5.41, 5.74) is 5.83. The van der Waals surface area contributed by atoms with Crippen molar-refractivity contribution in [3.63, 3.8) is 0 Å². The Morgan fingerprint density at radius 2 is 1.59 bits per heavy atom. The Labute approximate surface area is 139 Å². The molecule has 22 heavy (non-hydrogen) atoms. The number of para-hydroxylation sites is 1. The van der Waals surface area contributed by atoms with Gasteiger partial charge in [-0.25, -0.2) is 0 Å². The van der Waals surface area contributed by atoms with E-state index in [1.54, 1.807) is 0 Å². The molecule has 2 aromatic carbocycles. The van der Waals surface area contributed by atoms with Crippen molar-refractivity contribution in [2.75, 3.05) is 10.6 Å². The highest BCUT2D eigenvalue weighted by molar-refractivity contribution is 7.80. The molecule has 3 heteroatoms. The Morgan fingerprint density at radius 1 is 1.00 bits per heavy atom. The van der Waals surface area contributed by atoms with Crippen LogP contribution in [0.15, 0.2) is 42.5 Å². The first-order chi connectivity index (χ1) is 10.5. The second-order valence-electron chi connectivity index (χ2n) is 5.78. The van der Waals surface area contributed by atoms with Gasteiger partial charge < -0.3 is 10.6 Å². The molecule has 0 unspecified atom stereocenters. The first-order valence-electron chi connectivity index (χ1n) is 7.75. The molecule has 1 atom stereocenters. The lowest BCUT2D eigenvalue weighted by atomic mass is 9.99. The van der Waals surface area contributed by atoms with Gasteiger partial charge in [0, 0.05) is 11.4 Å². The molecule has 0 spiro atoms. The average molecular weight is 312 g/mol. The molecule has 0 aliphatic carbocycles. The molecule has 2 N–H and O–H groups in total. The largest absolute Gasteiger partial charge is 0.332 e. The summed E-state index contributed by atoms with van der Waals surface area (Å²) in [6, 6.07) is 14.7. The standard InChI is InChI=1S/C19H24N2S/c1-5-13(2)16-9-11-17(12-10-16)20-19(22)21-18-14(3)7-6-8-15(18)4/h6-13H,5H2,1-4H3,(H2,20,21,22)/t13-/m1/s1. The molecule has 0 fully saturated rings. The lowest BCUT2D eigenvalue weighted by Crippen LogP contribution is -2.20. The molecular weight excluding hydrogens is 288 g/mol. The maximum absolute atomic E-state index is 5.42. The van der Waals surface area contributed by atoms with E-state index in [4.69, 9.17) is 12.2 Å². The van der Waals surface area contributed by atoms with Crippen molar-refractivity contribution in [1.82, 2.24) is 0 Å². The van der Waals surface area contributed by atoms with Crippen LogP contribution in [-0.4, -0.2) is 5.11 Å². The monoisotopic (exact) mass is 312 g/mol. The smallest absolute Gasteiger partial charge is 0.175 e. The fourth-order valence-electron chi connectivity index (χ4n) is 2.42. The van der Waals surface area contributed by atoms with Gasteiger partial charge in [0.2, 0.25) is 0 Å².